The molecule has 6 nitrogen and oxygen atoms in total. The van der Waals surface area contributed by atoms with Gasteiger partial charge in [0.2, 0.25) is 5.91 Å². The molecule has 4 N–H and O–H groups in total. The summed E-state index contributed by atoms with van der Waals surface area (Å²) < 4.78 is 0. The number of aliphatic hydroxyl groups excluding tert-OH is 2. The Morgan fingerprint density at radius 3 is 2.55 bits per heavy atom. The molecule has 0 saturated carbocycles. The fraction of sp³-hybridized carbons (Fsp3) is 0.538. The molecule has 0 bridgehead atoms. The highest BCUT2D eigenvalue weighted by atomic mass is 32.1. The van der Waals surface area contributed by atoms with Gasteiger partial charge in [-0.1, -0.05) is 13.0 Å². The van der Waals surface area contributed by atoms with Crippen LogP contribution in [0.25, 0.3) is 0 Å². The molecule has 0 aliphatic heterocycles. The lowest BCUT2D eigenvalue weighted by Crippen LogP contribution is -2.54. The van der Waals surface area contributed by atoms with Gasteiger partial charge in [-0.05, 0) is 17.9 Å². The summed E-state index contributed by atoms with van der Waals surface area (Å²) in [6.45, 7) is 1.32. The second-order valence-corrected chi connectivity index (χ2v) is 5.43. The number of hydrogen-bond donors (Lipinski definition) is 4. The number of aliphatic hydroxyl groups is 2. The third kappa shape index (κ3) is 4.59. The van der Waals surface area contributed by atoms with E-state index in [1.807, 2.05) is 0 Å². The van der Waals surface area contributed by atoms with Crippen molar-refractivity contribution in [3.63, 3.8) is 0 Å². The first-order chi connectivity index (χ1) is 9.56. The molecule has 0 fully saturated rings. The Kier molecular flexibility index (Phi) is 6.63. The van der Waals surface area contributed by atoms with E-state index in [-0.39, 0.29) is 38.0 Å². The van der Waals surface area contributed by atoms with Crippen LogP contribution in [-0.4, -0.2) is 47.3 Å². The first-order valence-electron chi connectivity index (χ1n) is 6.41. The SMILES string of the molecule is CCC(CO)(CO)NC(=O)CCNC(=O)c1cccs1. The molecule has 0 aromatic carbocycles. The van der Waals surface area contributed by atoms with Gasteiger partial charge in [0.25, 0.3) is 5.91 Å². The molecular formula is C13H20N2O4S. The highest BCUT2D eigenvalue weighted by Crippen LogP contribution is 2.09. The van der Waals surface area contributed by atoms with E-state index >= 15 is 0 Å². The summed E-state index contributed by atoms with van der Waals surface area (Å²) in [5.41, 5.74) is -0.991. The number of thiophene rings is 1. The molecule has 0 aliphatic carbocycles. The Bertz CT molecular complexity index is 421. The van der Waals surface area contributed by atoms with Crippen LogP contribution in [-0.2, 0) is 4.79 Å². The molecule has 2 amide bonds. The highest BCUT2D eigenvalue weighted by molar-refractivity contribution is 7.12. The molecule has 0 radical (unpaired) electrons. The summed E-state index contributed by atoms with van der Waals surface area (Å²) in [7, 11) is 0. The van der Waals surface area contributed by atoms with Gasteiger partial charge in [-0.15, -0.1) is 11.3 Å². The minimum atomic E-state index is -0.991. The van der Waals surface area contributed by atoms with E-state index in [1.54, 1.807) is 24.4 Å². The van der Waals surface area contributed by atoms with Gasteiger partial charge >= 0.3 is 0 Å². The number of nitrogens with one attached hydrogen (secondary N) is 2. The normalized spacial score (nSPS) is 11.2. The van der Waals surface area contributed by atoms with E-state index in [0.717, 1.165) is 0 Å². The molecule has 1 heterocycles. The van der Waals surface area contributed by atoms with Crippen LogP contribution >= 0.6 is 11.3 Å². The molecule has 0 spiro atoms. The Labute approximate surface area is 121 Å². The molecule has 112 valence electrons. The number of carbonyl (C=O) groups excluding carboxylic acids is 2. The quantitative estimate of drug-likeness (QED) is 0.548. The number of amides is 2. The standard InChI is InChI=1S/C13H20N2O4S/c1-2-13(8-16,9-17)15-11(18)5-6-14-12(19)10-4-3-7-20-10/h3-4,7,16-17H,2,5-6,8-9H2,1H3,(H,14,19)(H,15,18). The lowest BCUT2D eigenvalue weighted by Gasteiger charge is -2.29. The maximum Gasteiger partial charge on any atom is 0.261 e. The van der Waals surface area contributed by atoms with Gasteiger partial charge in [0, 0.05) is 13.0 Å². The zero-order valence-corrected chi connectivity index (χ0v) is 12.2. The Morgan fingerprint density at radius 2 is 2.05 bits per heavy atom. The third-order valence-electron chi connectivity index (χ3n) is 3.07. The second kappa shape index (κ2) is 7.98. The van der Waals surface area contributed by atoms with Gasteiger partial charge in [0.1, 0.15) is 0 Å². The zero-order valence-electron chi connectivity index (χ0n) is 11.4. The number of carbonyl (C=O) groups is 2. The van der Waals surface area contributed by atoms with Crippen molar-refractivity contribution in [3.8, 4) is 0 Å². The molecule has 0 unspecified atom stereocenters. The Morgan fingerprint density at radius 1 is 1.35 bits per heavy atom. The second-order valence-electron chi connectivity index (χ2n) is 4.48. The molecule has 0 saturated heterocycles. The van der Waals surface area contributed by atoms with Crippen molar-refractivity contribution in [1.29, 1.82) is 0 Å². The van der Waals surface area contributed by atoms with Crippen LogP contribution in [0.3, 0.4) is 0 Å². The minimum absolute atomic E-state index is 0.0961. The van der Waals surface area contributed by atoms with Crippen LogP contribution in [0, 0.1) is 0 Å². The van der Waals surface area contributed by atoms with E-state index in [4.69, 9.17) is 0 Å². The third-order valence-corrected chi connectivity index (χ3v) is 3.94. The molecule has 1 aromatic rings. The number of rotatable bonds is 8. The van der Waals surface area contributed by atoms with Crippen LogP contribution in [0.1, 0.15) is 29.4 Å². The molecule has 0 atom stereocenters. The first-order valence-corrected chi connectivity index (χ1v) is 7.29. The zero-order chi connectivity index (χ0) is 15.0. The number of hydrogen-bond acceptors (Lipinski definition) is 5. The summed E-state index contributed by atoms with van der Waals surface area (Å²) in [4.78, 5) is 23.9. The average Bonchev–Trinajstić information content (AvgIpc) is 2.99. The highest BCUT2D eigenvalue weighted by Gasteiger charge is 2.28. The largest absolute Gasteiger partial charge is 0.394 e. The van der Waals surface area contributed by atoms with Crippen LogP contribution in [0.15, 0.2) is 17.5 Å². The van der Waals surface area contributed by atoms with Crippen molar-refractivity contribution < 1.29 is 19.8 Å². The van der Waals surface area contributed by atoms with Crippen molar-refractivity contribution in [1.82, 2.24) is 10.6 Å². The fourth-order valence-electron chi connectivity index (χ4n) is 1.58. The summed E-state index contributed by atoms with van der Waals surface area (Å²) in [6, 6.07) is 3.49. The van der Waals surface area contributed by atoms with Gasteiger partial charge in [0.15, 0.2) is 0 Å². The van der Waals surface area contributed by atoms with Crippen molar-refractivity contribution in [2.24, 2.45) is 0 Å². The lowest BCUT2D eigenvalue weighted by molar-refractivity contribution is -0.124. The van der Waals surface area contributed by atoms with Crippen LogP contribution in [0.4, 0.5) is 0 Å². The summed E-state index contributed by atoms with van der Waals surface area (Å²) in [5.74, 6) is -0.527. The van der Waals surface area contributed by atoms with E-state index in [9.17, 15) is 19.8 Å². The van der Waals surface area contributed by atoms with E-state index in [2.05, 4.69) is 10.6 Å². The van der Waals surface area contributed by atoms with Crippen molar-refractivity contribution in [2.45, 2.75) is 25.3 Å². The topological polar surface area (TPSA) is 98.7 Å². The minimum Gasteiger partial charge on any atom is -0.394 e. The monoisotopic (exact) mass is 300 g/mol. The lowest BCUT2D eigenvalue weighted by atomic mass is 9.98. The van der Waals surface area contributed by atoms with E-state index < -0.39 is 5.54 Å². The van der Waals surface area contributed by atoms with Crippen molar-refractivity contribution in [2.75, 3.05) is 19.8 Å². The maximum absolute atomic E-state index is 11.7. The van der Waals surface area contributed by atoms with E-state index in [1.165, 1.54) is 11.3 Å². The maximum atomic E-state index is 11.7. The summed E-state index contributed by atoms with van der Waals surface area (Å²) in [6.07, 6.45) is 0.520. The predicted octanol–water partition coefficient (Wildman–Crippen LogP) is 0.118. The average molecular weight is 300 g/mol. The molecule has 7 heteroatoms. The van der Waals surface area contributed by atoms with Crippen LogP contribution in [0.5, 0.6) is 0 Å². The molecule has 0 aliphatic rings. The molecule has 1 rings (SSSR count). The fourth-order valence-corrected chi connectivity index (χ4v) is 2.22. The smallest absolute Gasteiger partial charge is 0.261 e. The van der Waals surface area contributed by atoms with Crippen molar-refractivity contribution >= 4 is 23.2 Å². The van der Waals surface area contributed by atoms with Gasteiger partial charge in [-0.3, -0.25) is 9.59 Å². The first kappa shape index (κ1) is 16.6. The van der Waals surface area contributed by atoms with Crippen LogP contribution in [0.2, 0.25) is 0 Å². The van der Waals surface area contributed by atoms with Gasteiger partial charge in [-0.2, -0.15) is 0 Å². The predicted molar refractivity (Wildman–Crippen MR) is 76.6 cm³/mol. The Balaban J connectivity index is 2.35. The van der Waals surface area contributed by atoms with Gasteiger partial charge < -0.3 is 20.8 Å². The van der Waals surface area contributed by atoms with Gasteiger partial charge in [0.05, 0.1) is 23.6 Å². The molecular weight excluding hydrogens is 280 g/mol. The van der Waals surface area contributed by atoms with Gasteiger partial charge in [-0.25, -0.2) is 0 Å². The van der Waals surface area contributed by atoms with Crippen molar-refractivity contribution in [3.05, 3.63) is 22.4 Å². The molecule has 1 aromatic heterocycles. The summed E-state index contributed by atoms with van der Waals surface area (Å²) in [5, 5.41) is 25.5. The van der Waals surface area contributed by atoms with E-state index in [0.29, 0.717) is 11.3 Å². The molecule has 20 heavy (non-hydrogen) atoms. The Hall–Kier alpha value is -1.44. The summed E-state index contributed by atoms with van der Waals surface area (Å²) >= 11 is 1.33. The van der Waals surface area contributed by atoms with Crippen LogP contribution < -0.4 is 10.6 Å².